The van der Waals surface area contributed by atoms with Crippen molar-refractivity contribution in [1.29, 1.82) is 0 Å². The van der Waals surface area contributed by atoms with Crippen molar-refractivity contribution in [2.45, 2.75) is 59.4 Å². The van der Waals surface area contributed by atoms with E-state index < -0.39 is 18.4 Å². The summed E-state index contributed by atoms with van der Waals surface area (Å²) in [4.78, 5) is 0. The zero-order valence-electron chi connectivity index (χ0n) is 15.2. The molecule has 0 aliphatic heterocycles. The van der Waals surface area contributed by atoms with Gasteiger partial charge in [-0.2, -0.15) is 0 Å². The molecule has 0 atom stereocenters. The minimum atomic E-state index is -2.31. The number of hydrogen-bond donors (Lipinski definition) is 0. The monoisotopic (exact) mass is 421 g/mol. The number of hydrogen-bond acceptors (Lipinski definition) is 0. The van der Waals surface area contributed by atoms with Gasteiger partial charge in [0, 0.05) is 0 Å². The zero-order valence-corrected chi connectivity index (χ0v) is 18.0. The van der Waals surface area contributed by atoms with Crippen LogP contribution in [0.1, 0.15) is 39.5 Å². The number of unbranched alkanes of at least 4 members (excludes halogenated alkanes) is 2. The van der Waals surface area contributed by atoms with Crippen LogP contribution in [0.3, 0.4) is 0 Å². The standard InChI is InChI=1S/C6H10N2.C6H5.2C4H9.Sn/c1-3-8-5-4-7(2)6-8;1-2-4-6-5-3-1;2*1-3-4-2;/h4-6H,1,3H2,2H3;1-5H;2*1,3-4H2,2H3;/q+1;;;;. The molecule has 0 saturated heterocycles. The SMILES string of the molecule is CCC[CH2][Sn]([CH2]CCC)([CH2]Cn1cc[n+](C)c1)[c]1ccccc1. The van der Waals surface area contributed by atoms with E-state index in [1.165, 1.54) is 45.5 Å². The van der Waals surface area contributed by atoms with E-state index in [2.05, 4.69) is 79.1 Å². The Balaban J connectivity index is 2.22. The molecule has 0 N–H and O–H groups in total. The van der Waals surface area contributed by atoms with Crippen LogP contribution in [0.2, 0.25) is 13.3 Å². The van der Waals surface area contributed by atoms with Gasteiger partial charge in [-0.15, -0.1) is 0 Å². The fraction of sp³-hybridized carbons (Fsp3) is 0.550. The predicted molar refractivity (Wildman–Crippen MR) is 102 cm³/mol. The van der Waals surface area contributed by atoms with Crippen molar-refractivity contribution in [3.8, 4) is 0 Å². The molecule has 126 valence electrons. The van der Waals surface area contributed by atoms with Crippen LogP contribution in [0.25, 0.3) is 0 Å². The van der Waals surface area contributed by atoms with E-state index in [0.717, 1.165) is 0 Å². The number of rotatable bonds is 10. The Labute approximate surface area is 146 Å². The maximum absolute atomic E-state index is 2.44. The van der Waals surface area contributed by atoms with Gasteiger partial charge in [0.25, 0.3) is 0 Å². The van der Waals surface area contributed by atoms with Gasteiger partial charge in [0.05, 0.1) is 0 Å². The number of nitrogens with zero attached hydrogens (tertiary/aromatic N) is 2. The van der Waals surface area contributed by atoms with Crippen LogP contribution in [0.15, 0.2) is 49.1 Å². The Hall–Kier alpha value is -0.771. The van der Waals surface area contributed by atoms with Gasteiger partial charge in [0.15, 0.2) is 0 Å². The van der Waals surface area contributed by atoms with Gasteiger partial charge >= 0.3 is 147 Å². The number of imidazole rings is 1. The van der Waals surface area contributed by atoms with Crippen LogP contribution in [-0.4, -0.2) is 22.9 Å². The van der Waals surface area contributed by atoms with Crippen molar-refractivity contribution in [2.75, 3.05) is 0 Å². The normalized spacial score (nSPS) is 11.8. The van der Waals surface area contributed by atoms with Crippen LogP contribution >= 0.6 is 0 Å². The maximum atomic E-state index is 2.44. The third-order valence-electron chi connectivity index (χ3n) is 5.08. The summed E-state index contributed by atoms with van der Waals surface area (Å²) in [7, 11) is 2.11. The van der Waals surface area contributed by atoms with Crippen molar-refractivity contribution in [3.63, 3.8) is 0 Å². The van der Waals surface area contributed by atoms with Gasteiger partial charge in [-0.1, -0.05) is 0 Å². The molecule has 2 rings (SSSR count). The quantitative estimate of drug-likeness (QED) is 0.401. The second kappa shape index (κ2) is 9.51. The summed E-state index contributed by atoms with van der Waals surface area (Å²) in [5.41, 5.74) is 0. The summed E-state index contributed by atoms with van der Waals surface area (Å²) in [6, 6.07) is 11.6. The molecule has 1 aromatic heterocycles. The van der Waals surface area contributed by atoms with E-state index in [1.807, 2.05) is 0 Å². The molecule has 0 unspecified atom stereocenters. The van der Waals surface area contributed by atoms with Gasteiger partial charge in [-0.3, -0.25) is 0 Å². The van der Waals surface area contributed by atoms with E-state index >= 15 is 0 Å². The average Bonchev–Trinajstić information content (AvgIpc) is 3.01. The first kappa shape index (κ1) is 18.6. The first-order chi connectivity index (χ1) is 11.2. The molecule has 2 aromatic rings. The number of benzene rings is 1. The Morgan fingerprint density at radius 1 is 0.957 bits per heavy atom. The Kier molecular flexibility index (Phi) is 7.67. The van der Waals surface area contributed by atoms with Crippen LogP contribution in [0.5, 0.6) is 0 Å². The Bertz CT molecular complexity index is 554. The molecule has 23 heavy (non-hydrogen) atoms. The topological polar surface area (TPSA) is 8.81 Å². The van der Waals surface area contributed by atoms with Gasteiger partial charge in [0.1, 0.15) is 0 Å². The first-order valence-corrected chi connectivity index (χ1v) is 16.7. The van der Waals surface area contributed by atoms with Crippen LogP contribution in [0, 0.1) is 0 Å². The van der Waals surface area contributed by atoms with Gasteiger partial charge < -0.3 is 0 Å². The molecule has 0 amide bonds. The predicted octanol–water partition coefficient (Wildman–Crippen LogP) is 4.27. The summed E-state index contributed by atoms with van der Waals surface area (Å²) >= 11 is -2.31. The summed E-state index contributed by atoms with van der Waals surface area (Å²) in [5.74, 6) is 0. The van der Waals surface area contributed by atoms with Crippen LogP contribution in [0.4, 0.5) is 0 Å². The Morgan fingerprint density at radius 3 is 2.13 bits per heavy atom. The molecule has 1 heterocycles. The zero-order chi connectivity index (χ0) is 16.5. The molecule has 1 aromatic carbocycles. The van der Waals surface area contributed by atoms with E-state index in [1.54, 1.807) is 3.58 Å². The first-order valence-electron chi connectivity index (χ1n) is 9.27. The van der Waals surface area contributed by atoms with Crippen LogP contribution in [-0.2, 0) is 13.6 Å². The van der Waals surface area contributed by atoms with E-state index in [0.29, 0.717) is 0 Å². The summed E-state index contributed by atoms with van der Waals surface area (Å²) in [6.07, 6.45) is 12.1. The molecular weight excluding hydrogens is 387 g/mol. The fourth-order valence-electron chi connectivity index (χ4n) is 3.61. The molecule has 0 bridgehead atoms. The summed E-state index contributed by atoms with van der Waals surface area (Å²) in [6.45, 7) is 5.88. The minimum absolute atomic E-state index is 1.19. The molecular formula is C20H33N2Sn+. The number of aryl methyl sites for hydroxylation is 2. The molecule has 0 fully saturated rings. The van der Waals surface area contributed by atoms with Crippen molar-refractivity contribution < 1.29 is 4.57 Å². The average molecular weight is 420 g/mol. The van der Waals surface area contributed by atoms with E-state index in [9.17, 15) is 0 Å². The molecule has 0 spiro atoms. The fourth-order valence-corrected chi connectivity index (χ4v) is 18.6. The van der Waals surface area contributed by atoms with Gasteiger partial charge in [-0.25, -0.2) is 0 Å². The molecule has 0 radical (unpaired) electrons. The Morgan fingerprint density at radius 2 is 1.61 bits per heavy atom. The molecule has 0 aliphatic carbocycles. The van der Waals surface area contributed by atoms with Crippen LogP contribution < -0.4 is 8.15 Å². The third-order valence-corrected chi connectivity index (χ3v) is 20.4. The van der Waals surface area contributed by atoms with Crippen molar-refractivity contribution in [3.05, 3.63) is 49.1 Å². The van der Waals surface area contributed by atoms with E-state index in [-0.39, 0.29) is 0 Å². The molecule has 0 saturated carbocycles. The van der Waals surface area contributed by atoms with Gasteiger partial charge in [0.2, 0.25) is 0 Å². The van der Waals surface area contributed by atoms with Gasteiger partial charge in [-0.05, 0) is 0 Å². The third kappa shape index (κ3) is 5.37. The van der Waals surface area contributed by atoms with E-state index in [4.69, 9.17) is 0 Å². The number of aromatic nitrogens is 2. The molecule has 2 nitrogen and oxygen atoms in total. The molecule has 3 heteroatoms. The second-order valence-corrected chi connectivity index (χ2v) is 20.2. The summed E-state index contributed by atoms with van der Waals surface area (Å²) in [5, 5.41) is 0. The molecule has 0 aliphatic rings. The van der Waals surface area contributed by atoms with Crippen molar-refractivity contribution in [2.24, 2.45) is 7.05 Å². The summed E-state index contributed by atoms with van der Waals surface area (Å²) < 4.78 is 10.8. The second-order valence-electron chi connectivity index (χ2n) is 6.92. The van der Waals surface area contributed by atoms with Crippen molar-refractivity contribution >= 4 is 22.0 Å². The van der Waals surface area contributed by atoms with Crippen molar-refractivity contribution in [1.82, 2.24) is 4.57 Å².